The Morgan fingerprint density at radius 1 is 1.20 bits per heavy atom. The Morgan fingerprint density at radius 2 is 2.00 bits per heavy atom. The third kappa shape index (κ3) is 5.28. The third-order valence-corrected chi connectivity index (χ3v) is 5.39. The Hall–Kier alpha value is -2.66. The van der Waals surface area contributed by atoms with Crippen molar-refractivity contribution in [2.75, 3.05) is 31.6 Å². The van der Waals surface area contributed by atoms with E-state index in [1.807, 2.05) is 25.2 Å². The van der Waals surface area contributed by atoms with Gasteiger partial charge in [-0.2, -0.15) is 0 Å². The summed E-state index contributed by atoms with van der Waals surface area (Å²) in [6, 6.07) is 7.30. The lowest BCUT2D eigenvalue weighted by molar-refractivity contribution is 0.477. The number of nitrogens with zero attached hydrogens (tertiary/aromatic N) is 3. The van der Waals surface area contributed by atoms with Crippen molar-refractivity contribution in [1.82, 2.24) is 15.3 Å². The van der Waals surface area contributed by atoms with Crippen molar-refractivity contribution in [3.63, 3.8) is 0 Å². The first-order valence-electron chi connectivity index (χ1n) is 11.0. The second-order valence-corrected chi connectivity index (χ2v) is 8.18. The molecule has 0 bridgehead atoms. The highest BCUT2D eigenvalue weighted by atomic mass is 16.3. The molecule has 0 radical (unpaired) electrons. The molecule has 5 heteroatoms. The Kier molecular flexibility index (Phi) is 7.63. The number of para-hydroxylation sites is 1. The van der Waals surface area contributed by atoms with E-state index in [4.69, 9.17) is 9.97 Å². The van der Waals surface area contributed by atoms with E-state index in [2.05, 4.69) is 49.2 Å². The summed E-state index contributed by atoms with van der Waals surface area (Å²) in [5, 5.41) is 15.7. The highest BCUT2D eigenvalue weighted by Gasteiger charge is 2.18. The van der Waals surface area contributed by atoms with Crippen LogP contribution in [0.15, 0.2) is 35.9 Å². The number of phenolic OH excluding ortho intramolecular Hbond substituents is 1. The van der Waals surface area contributed by atoms with Gasteiger partial charge in [0, 0.05) is 18.3 Å². The third-order valence-electron chi connectivity index (χ3n) is 5.39. The Bertz CT molecular complexity index is 1010. The van der Waals surface area contributed by atoms with Crippen molar-refractivity contribution in [2.45, 2.75) is 40.0 Å². The number of unbranched alkanes of at least 4 members (excludes halogenated alkanes) is 1. The van der Waals surface area contributed by atoms with Gasteiger partial charge in [0.15, 0.2) is 5.82 Å². The molecule has 1 heterocycles. The van der Waals surface area contributed by atoms with E-state index >= 15 is 0 Å². The van der Waals surface area contributed by atoms with E-state index in [1.165, 1.54) is 5.57 Å². The summed E-state index contributed by atoms with van der Waals surface area (Å²) < 4.78 is 0. The molecule has 3 rings (SSSR count). The number of phenols is 1. The molecule has 5 nitrogen and oxygen atoms in total. The highest BCUT2D eigenvalue weighted by molar-refractivity contribution is 5.66. The van der Waals surface area contributed by atoms with E-state index in [0.717, 1.165) is 55.3 Å². The number of aromatic hydroxyl groups is 1. The Balaban J connectivity index is 2.19. The van der Waals surface area contributed by atoms with Crippen LogP contribution in [-0.2, 0) is 0 Å². The van der Waals surface area contributed by atoms with E-state index in [-0.39, 0.29) is 5.75 Å². The van der Waals surface area contributed by atoms with Gasteiger partial charge in [-0.1, -0.05) is 50.1 Å². The van der Waals surface area contributed by atoms with E-state index in [9.17, 15) is 5.11 Å². The molecule has 1 aromatic heterocycles. The zero-order chi connectivity index (χ0) is 21.5. The number of aromatic nitrogens is 2. The van der Waals surface area contributed by atoms with Crippen LogP contribution < -0.4 is 20.8 Å². The van der Waals surface area contributed by atoms with Crippen molar-refractivity contribution in [1.29, 1.82) is 0 Å². The molecule has 1 aromatic carbocycles. The summed E-state index contributed by atoms with van der Waals surface area (Å²) in [6.45, 7) is 9.42. The summed E-state index contributed by atoms with van der Waals surface area (Å²) >= 11 is 0. The molecular weight excluding hydrogens is 372 g/mol. The van der Waals surface area contributed by atoms with Crippen LogP contribution in [0.25, 0.3) is 23.5 Å². The van der Waals surface area contributed by atoms with Crippen molar-refractivity contribution >= 4 is 18.0 Å². The number of anilines is 1. The van der Waals surface area contributed by atoms with Crippen molar-refractivity contribution < 1.29 is 5.11 Å². The van der Waals surface area contributed by atoms with Gasteiger partial charge < -0.3 is 15.3 Å². The van der Waals surface area contributed by atoms with Crippen LogP contribution in [0.4, 0.5) is 5.82 Å². The molecule has 0 spiro atoms. The predicted octanol–water partition coefficient (Wildman–Crippen LogP) is 3.22. The van der Waals surface area contributed by atoms with E-state index in [0.29, 0.717) is 17.3 Å². The molecule has 160 valence electrons. The molecule has 1 atom stereocenters. The number of allylic oxidation sites excluding steroid dienone is 2. The molecule has 0 fully saturated rings. The average Bonchev–Trinajstić information content (AvgIpc) is 2.91. The summed E-state index contributed by atoms with van der Waals surface area (Å²) in [5.74, 6) is 2.23. The van der Waals surface area contributed by atoms with Gasteiger partial charge in [-0.3, -0.25) is 0 Å². The molecule has 1 aliphatic carbocycles. The minimum atomic E-state index is 0.205. The smallest absolute Gasteiger partial charge is 0.165 e. The quantitative estimate of drug-likeness (QED) is 0.670. The first-order chi connectivity index (χ1) is 14.5. The molecule has 2 aromatic rings. The Morgan fingerprint density at radius 3 is 2.73 bits per heavy atom. The standard InChI is InChI=1S/C25H34N4O/c1-5-6-14-29(17-19(3)16-26-4)25-20-12-9-10-18(2)15-22(20)27-24(28-25)21-11-7-8-13-23(21)30/h7-8,10-13,15,19,26,30H,5-6,9,14,16-17H2,1-4H3. The van der Waals surface area contributed by atoms with Gasteiger partial charge in [-0.25, -0.2) is 9.97 Å². The summed E-state index contributed by atoms with van der Waals surface area (Å²) in [5.41, 5.74) is 1.86. The molecule has 30 heavy (non-hydrogen) atoms. The normalized spacial score (nSPS) is 14.1. The van der Waals surface area contributed by atoms with Crippen LogP contribution >= 0.6 is 0 Å². The number of rotatable bonds is 9. The summed E-state index contributed by atoms with van der Waals surface area (Å²) in [4.78, 5) is 12.3. The maximum atomic E-state index is 10.4. The number of nitrogens with one attached hydrogen (secondary N) is 1. The fourth-order valence-corrected chi connectivity index (χ4v) is 3.86. The van der Waals surface area contributed by atoms with Crippen LogP contribution in [0.3, 0.4) is 0 Å². The zero-order valence-electron chi connectivity index (χ0n) is 18.7. The van der Waals surface area contributed by atoms with Gasteiger partial charge in [0.25, 0.3) is 0 Å². The van der Waals surface area contributed by atoms with Gasteiger partial charge >= 0.3 is 0 Å². The number of hydrogen-bond donors (Lipinski definition) is 2. The van der Waals surface area contributed by atoms with Crippen LogP contribution in [0.2, 0.25) is 0 Å². The van der Waals surface area contributed by atoms with Crippen LogP contribution in [0.5, 0.6) is 5.75 Å². The second kappa shape index (κ2) is 10.4. The van der Waals surface area contributed by atoms with Gasteiger partial charge in [-0.15, -0.1) is 0 Å². The lowest BCUT2D eigenvalue weighted by Crippen LogP contribution is -2.41. The van der Waals surface area contributed by atoms with Crippen LogP contribution in [0, 0.1) is 5.92 Å². The topological polar surface area (TPSA) is 61.3 Å². The molecule has 1 unspecified atom stereocenters. The van der Waals surface area contributed by atoms with Gasteiger partial charge in [0.2, 0.25) is 0 Å². The number of hydrogen-bond acceptors (Lipinski definition) is 5. The monoisotopic (exact) mass is 406 g/mol. The molecule has 1 aliphatic rings. The fraction of sp³-hybridized carbons (Fsp3) is 0.440. The molecule has 0 aliphatic heterocycles. The molecule has 2 N–H and O–H groups in total. The van der Waals surface area contributed by atoms with Gasteiger partial charge in [0.05, 0.1) is 10.9 Å². The van der Waals surface area contributed by atoms with Crippen molar-refractivity contribution in [3.8, 4) is 17.1 Å². The fourth-order valence-electron chi connectivity index (χ4n) is 3.86. The largest absolute Gasteiger partial charge is 0.507 e. The Labute approximate surface area is 179 Å². The summed E-state index contributed by atoms with van der Waals surface area (Å²) in [6.07, 6.45) is 9.68. The first-order valence-corrected chi connectivity index (χ1v) is 11.0. The molecule has 0 saturated heterocycles. The maximum absolute atomic E-state index is 10.4. The van der Waals surface area contributed by atoms with Crippen LogP contribution in [-0.4, -0.2) is 41.8 Å². The number of benzene rings is 1. The second-order valence-electron chi connectivity index (χ2n) is 8.18. The minimum Gasteiger partial charge on any atom is -0.507 e. The lowest BCUT2D eigenvalue weighted by atomic mass is 10.1. The lowest BCUT2D eigenvalue weighted by Gasteiger charge is -2.28. The highest BCUT2D eigenvalue weighted by Crippen LogP contribution is 2.26. The molecule has 0 saturated carbocycles. The van der Waals surface area contributed by atoms with E-state index in [1.54, 1.807) is 6.07 Å². The molecule has 0 amide bonds. The average molecular weight is 407 g/mol. The van der Waals surface area contributed by atoms with Gasteiger partial charge in [0.1, 0.15) is 11.6 Å². The predicted molar refractivity (Wildman–Crippen MR) is 126 cm³/mol. The SMILES string of the molecule is CCCCN(CC(C)CNC)c1nc(-c2ccccc2O)nc2c1=CCC=C(C)C=2. The maximum Gasteiger partial charge on any atom is 0.165 e. The van der Waals surface area contributed by atoms with Crippen LogP contribution in [0.1, 0.15) is 40.0 Å². The van der Waals surface area contributed by atoms with Crippen molar-refractivity contribution in [2.24, 2.45) is 5.92 Å². The van der Waals surface area contributed by atoms with E-state index < -0.39 is 0 Å². The molecular formula is C25H34N4O. The number of fused-ring (bicyclic) bond motifs is 1. The summed E-state index contributed by atoms with van der Waals surface area (Å²) in [7, 11) is 2.00. The van der Waals surface area contributed by atoms with Gasteiger partial charge in [-0.05, 0) is 57.5 Å². The minimum absolute atomic E-state index is 0.205. The first kappa shape index (κ1) is 22.0. The zero-order valence-corrected chi connectivity index (χ0v) is 18.7. The van der Waals surface area contributed by atoms with Crippen molar-refractivity contribution in [3.05, 3.63) is 46.5 Å².